The number of anilines is 1. The van der Waals surface area contributed by atoms with E-state index in [1.807, 2.05) is 0 Å². The Balaban J connectivity index is 1.55. The summed E-state index contributed by atoms with van der Waals surface area (Å²) in [6, 6.07) is 6.35. The lowest BCUT2D eigenvalue weighted by molar-refractivity contribution is -0.116. The second-order valence-electron chi connectivity index (χ2n) is 7.13. The van der Waals surface area contributed by atoms with Crippen LogP contribution in [0.1, 0.15) is 41.5 Å². The Morgan fingerprint density at radius 2 is 1.72 bits per heavy atom. The normalized spacial score (nSPS) is 14.7. The van der Waals surface area contributed by atoms with Crippen molar-refractivity contribution in [2.24, 2.45) is 0 Å². The van der Waals surface area contributed by atoms with Gasteiger partial charge in [-0.05, 0) is 24.1 Å². The predicted molar refractivity (Wildman–Crippen MR) is 113 cm³/mol. The molecule has 11 heteroatoms. The van der Waals surface area contributed by atoms with Gasteiger partial charge in [-0.1, -0.05) is 12.1 Å². The van der Waals surface area contributed by atoms with E-state index in [0.29, 0.717) is 18.5 Å². The monoisotopic (exact) mass is 457 g/mol. The zero-order chi connectivity index (χ0) is 23.0. The zero-order valence-electron chi connectivity index (χ0n) is 17.3. The van der Waals surface area contributed by atoms with Crippen LogP contribution in [0.4, 0.5) is 9.80 Å². The number of hydrogen-bond acceptors (Lipinski definition) is 8. The fourth-order valence-electron chi connectivity index (χ4n) is 3.79. The summed E-state index contributed by atoms with van der Waals surface area (Å²) in [6.45, 7) is 0.0809. The van der Waals surface area contributed by atoms with Crippen LogP contribution in [0.3, 0.4) is 0 Å². The molecule has 0 saturated carbocycles. The second kappa shape index (κ2) is 8.42. The molecule has 3 heterocycles. The Labute approximate surface area is 186 Å². The van der Waals surface area contributed by atoms with E-state index in [-0.39, 0.29) is 28.2 Å². The number of carbonyl (C=O) groups is 5. The Bertz CT molecular complexity index is 1120. The van der Waals surface area contributed by atoms with Crippen molar-refractivity contribution in [2.75, 3.05) is 32.6 Å². The van der Waals surface area contributed by atoms with E-state index in [2.05, 4.69) is 5.32 Å². The molecule has 1 aromatic carbocycles. The first-order valence-corrected chi connectivity index (χ1v) is 10.5. The van der Waals surface area contributed by atoms with Crippen molar-refractivity contribution in [3.05, 3.63) is 51.4 Å². The van der Waals surface area contributed by atoms with Crippen molar-refractivity contribution in [3.63, 3.8) is 0 Å². The zero-order valence-corrected chi connectivity index (χ0v) is 18.1. The maximum atomic E-state index is 12.7. The molecule has 2 aliphatic heterocycles. The van der Waals surface area contributed by atoms with Crippen LogP contribution in [0.25, 0.3) is 0 Å². The predicted octanol–water partition coefficient (Wildman–Crippen LogP) is 1.89. The third kappa shape index (κ3) is 3.60. The van der Waals surface area contributed by atoms with Gasteiger partial charge < -0.3 is 19.7 Å². The highest BCUT2D eigenvalue weighted by molar-refractivity contribution is 7.17. The molecule has 0 saturated heterocycles. The number of nitrogens with zero attached hydrogens (tertiary/aromatic N) is 2. The van der Waals surface area contributed by atoms with Gasteiger partial charge in [-0.2, -0.15) is 0 Å². The van der Waals surface area contributed by atoms with E-state index < -0.39 is 36.3 Å². The quantitative estimate of drug-likeness (QED) is 0.550. The molecule has 0 radical (unpaired) electrons. The van der Waals surface area contributed by atoms with Crippen LogP contribution in [0.2, 0.25) is 0 Å². The Morgan fingerprint density at radius 1 is 1.06 bits per heavy atom. The molecule has 0 unspecified atom stereocenters. The highest BCUT2D eigenvalue weighted by Gasteiger charge is 2.37. The van der Waals surface area contributed by atoms with Gasteiger partial charge in [-0.15, -0.1) is 11.3 Å². The first-order chi connectivity index (χ1) is 15.3. The summed E-state index contributed by atoms with van der Waals surface area (Å²) >= 11 is 1.14. The van der Waals surface area contributed by atoms with E-state index in [0.717, 1.165) is 21.1 Å². The Hall–Kier alpha value is -3.73. The summed E-state index contributed by atoms with van der Waals surface area (Å²) in [6.07, 6.45) is -0.0977. The minimum atomic E-state index is -0.631. The number of thiophene rings is 1. The fourth-order valence-corrected chi connectivity index (χ4v) is 5.05. The summed E-state index contributed by atoms with van der Waals surface area (Å²) in [5.41, 5.74) is 1.40. The van der Waals surface area contributed by atoms with Crippen LogP contribution >= 0.6 is 11.3 Å². The van der Waals surface area contributed by atoms with Crippen molar-refractivity contribution in [1.82, 2.24) is 9.80 Å². The maximum absolute atomic E-state index is 12.7. The largest absolute Gasteiger partial charge is 0.465 e. The molecule has 1 aromatic heterocycles. The highest BCUT2D eigenvalue weighted by Crippen LogP contribution is 2.38. The SMILES string of the molecule is COC(=O)c1c(NC(=O)CN2C(=O)c3ccccc3C2=O)sc2c1CCN(C(=O)OC)C2. The molecule has 0 atom stereocenters. The molecule has 4 amide bonds. The number of esters is 1. The Morgan fingerprint density at radius 3 is 2.31 bits per heavy atom. The standard InChI is InChI=1S/C21H19N3O7S/c1-30-20(28)16-13-7-8-23(21(29)31-2)9-14(13)32-17(16)22-15(25)10-24-18(26)11-5-3-4-6-12(11)19(24)27/h3-6H,7-10H2,1-2H3,(H,22,25). The molecule has 4 rings (SSSR count). The average Bonchev–Trinajstić information content (AvgIpc) is 3.27. The van der Waals surface area contributed by atoms with Crippen molar-refractivity contribution in [2.45, 2.75) is 13.0 Å². The number of hydrogen-bond donors (Lipinski definition) is 1. The third-order valence-corrected chi connectivity index (χ3v) is 6.44. The number of rotatable bonds is 4. The van der Waals surface area contributed by atoms with E-state index >= 15 is 0 Å². The van der Waals surface area contributed by atoms with E-state index in [9.17, 15) is 24.0 Å². The van der Waals surface area contributed by atoms with Crippen LogP contribution in [0.5, 0.6) is 0 Å². The molecule has 1 N–H and O–H groups in total. The van der Waals surface area contributed by atoms with Gasteiger partial charge in [-0.25, -0.2) is 9.59 Å². The van der Waals surface area contributed by atoms with Crippen LogP contribution in [-0.4, -0.2) is 66.9 Å². The number of imide groups is 1. The lowest BCUT2D eigenvalue weighted by atomic mass is 10.0. The summed E-state index contributed by atoms with van der Waals surface area (Å²) in [7, 11) is 2.53. The Kier molecular flexibility index (Phi) is 5.66. The van der Waals surface area contributed by atoms with Crippen molar-refractivity contribution < 1.29 is 33.4 Å². The van der Waals surface area contributed by atoms with Gasteiger partial charge in [0.2, 0.25) is 5.91 Å². The summed E-state index contributed by atoms with van der Waals surface area (Å²) in [5, 5.41) is 2.88. The molecule has 2 aliphatic rings. The number of methoxy groups -OCH3 is 2. The molecular formula is C21H19N3O7S. The van der Waals surface area contributed by atoms with Gasteiger partial charge in [0.15, 0.2) is 0 Å². The van der Waals surface area contributed by atoms with Crippen LogP contribution in [0, 0.1) is 0 Å². The van der Waals surface area contributed by atoms with E-state index in [1.54, 1.807) is 12.1 Å². The summed E-state index contributed by atoms with van der Waals surface area (Å²) in [4.78, 5) is 65.1. The van der Waals surface area contributed by atoms with Crippen molar-refractivity contribution in [3.8, 4) is 0 Å². The first-order valence-electron chi connectivity index (χ1n) is 9.66. The average molecular weight is 457 g/mol. The minimum absolute atomic E-state index is 0.215. The van der Waals surface area contributed by atoms with Gasteiger partial charge in [-0.3, -0.25) is 19.3 Å². The van der Waals surface area contributed by atoms with Gasteiger partial charge in [0.05, 0.1) is 37.5 Å². The van der Waals surface area contributed by atoms with Gasteiger partial charge >= 0.3 is 12.1 Å². The second-order valence-corrected chi connectivity index (χ2v) is 8.24. The number of ether oxygens (including phenoxy) is 2. The molecule has 0 aliphatic carbocycles. The fraction of sp³-hybridized carbons (Fsp3) is 0.286. The number of amides is 4. The number of benzene rings is 1. The molecule has 0 fully saturated rings. The van der Waals surface area contributed by atoms with Crippen LogP contribution < -0.4 is 5.32 Å². The van der Waals surface area contributed by atoms with E-state index in [1.165, 1.54) is 31.3 Å². The van der Waals surface area contributed by atoms with E-state index in [4.69, 9.17) is 9.47 Å². The van der Waals surface area contributed by atoms with Crippen molar-refractivity contribution >= 4 is 46.1 Å². The van der Waals surface area contributed by atoms with Gasteiger partial charge in [0, 0.05) is 11.4 Å². The summed E-state index contributed by atoms with van der Waals surface area (Å²) < 4.78 is 9.64. The van der Waals surface area contributed by atoms with Crippen molar-refractivity contribution in [1.29, 1.82) is 0 Å². The molecule has 10 nitrogen and oxygen atoms in total. The number of nitrogens with one attached hydrogen (secondary N) is 1. The highest BCUT2D eigenvalue weighted by atomic mass is 32.1. The summed E-state index contributed by atoms with van der Waals surface area (Å²) in [5.74, 6) is -2.35. The number of carbonyl (C=O) groups excluding carboxylic acids is 5. The number of fused-ring (bicyclic) bond motifs is 2. The van der Waals surface area contributed by atoms with Crippen LogP contribution in [0.15, 0.2) is 24.3 Å². The van der Waals surface area contributed by atoms with Gasteiger partial charge in [0.1, 0.15) is 11.5 Å². The first kappa shape index (κ1) is 21.5. The molecule has 0 spiro atoms. The minimum Gasteiger partial charge on any atom is -0.465 e. The molecule has 2 aromatic rings. The molecular weight excluding hydrogens is 438 g/mol. The third-order valence-electron chi connectivity index (χ3n) is 5.31. The molecule has 166 valence electrons. The molecule has 32 heavy (non-hydrogen) atoms. The topological polar surface area (TPSA) is 122 Å². The lowest BCUT2D eigenvalue weighted by Crippen LogP contribution is -2.37. The lowest BCUT2D eigenvalue weighted by Gasteiger charge is -2.25. The van der Waals surface area contributed by atoms with Crippen LogP contribution in [-0.2, 0) is 27.2 Å². The molecule has 0 bridgehead atoms. The maximum Gasteiger partial charge on any atom is 0.409 e. The van der Waals surface area contributed by atoms with Gasteiger partial charge in [0.25, 0.3) is 11.8 Å². The smallest absolute Gasteiger partial charge is 0.409 e.